The Morgan fingerprint density at radius 3 is 2.39 bits per heavy atom. The van der Waals surface area contributed by atoms with Crippen LogP contribution in [-0.4, -0.2) is 24.7 Å². The Kier molecular flexibility index (Phi) is 6.14. The van der Waals surface area contributed by atoms with Crippen LogP contribution in [0.15, 0.2) is 64.1 Å². The van der Waals surface area contributed by atoms with E-state index in [1.54, 1.807) is 40.9 Å². The molecule has 11 heteroatoms. The molecule has 1 aliphatic carbocycles. The summed E-state index contributed by atoms with van der Waals surface area (Å²) in [4.78, 5) is 1.89. The molecule has 0 spiro atoms. The molecule has 0 saturated heterocycles. The summed E-state index contributed by atoms with van der Waals surface area (Å²) >= 11 is 8.30. The molecule has 0 unspecified atom stereocenters. The third kappa shape index (κ3) is 3.93. The fraction of sp³-hybridized carbons (Fsp3) is 0.0370. The van der Waals surface area contributed by atoms with Gasteiger partial charge in [-0.15, -0.1) is 22.7 Å². The predicted molar refractivity (Wildman–Crippen MR) is 162 cm³/mol. The van der Waals surface area contributed by atoms with Crippen molar-refractivity contribution in [3.63, 3.8) is 0 Å². The quantitative estimate of drug-likeness (QED) is 0.136. The van der Waals surface area contributed by atoms with E-state index in [1.165, 1.54) is 0 Å². The van der Waals surface area contributed by atoms with Gasteiger partial charge in [0, 0.05) is 27.9 Å². The van der Waals surface area contributed by atoms with E-state index in [0.717, 1.165) is 58.5 Å². The number of thiophene rings is 2. The predicted octanol–water partition coefficient (Wildman–Crippen LogP) is 7.23. The molecule has 5 aromatic rings. The first-order valence-corrected chi connectivity index (χ1v) is 14.0. The molecule has 7 nitrogen and oxygen atoms in total. The van der Waals surface area contributed by atoms with E-state index < -0.39 is 0 Å². The highest BCUT2D eigenvalue weighted by Gasteiger charge is 2.19. The van der Waals surface area contributed by atoms with Crippen LogP contribution in [0.1, 0.15) is 15.3 Å². The summed E-state index contributed by atoms with van der Waals surface area (Å²) in [5, 5.41) is 28.1. The smallest absolute Gasteiger partial charge is 0.113 e. The van der Waals surface area contributed by atoms with Crippen LogP contribution in [0.2, 0.25) is 0 Å². The van der Waals surface area contributed by atoms with Crippen LogP contribution >= 0.6 is 47.2 Å². The van der Waals surface area contributed by atoms with Crippen LogP contribution < -0.4 is 0 Å². The van der Waals surface area contributed by atoms with Gasteiger partial charge in [-0.3, -0.25) is 5.41 Å². The van der Waals surface area contributed by atoms with Crippen molar-refractivity contribution >= 4 is 108 Å². The molecular formula is C27H15N7S4. The lowest BCUT2D eigenvalue weighted by Crippen LogP contribution is -2.16. The maximum Gasteiger partial charge on any atom is 0.113 e. The molecular weight excluding hydrogens is 551 g/mol. The molecule has 0 atom stereocenters. The second kappa shape index (κ2) is 9.63. The number of hydrogen-bond donors (Lipinski definition) is 2. The number of nitrogens with one attached hydrogen (secondary N) is 1. The molecule has 4 aromatic heterocycles. The molecule has 0 bridgehead atoms. The van der Waals surface area contributed by atoms with Crippen LogP contribution in [0.5, 0.6) is 0 Å². The number of nitrogens with zero attached hydrogens (tertiary/aromatic N) is 6. The van der Waals surface area contributed by atoms with Gasteiger partial charge in [-0.05, 0) is 49.2 Å². The Labute approximate surface area is 234 Å². The van der Waals surface area contributed by atoms with Gasteiger partial charge in [0.05, 0.1) is 66.9 Å². The number of thiol groups is 1. The summed E-state index contributed by atoms with van der Waals surface area (Å²) in [5.74, 6) is 0. The maximum absolute atomic E-state index is 9.93. The highest BCUT2D eigenvalue weighted by atomic mass is 32.1. The maximum atomic E-state index is 9.93. The molecule has 6 rings (SSSR count). The first-order chi connectivity index (χ1) is 18.5. The summed E-state index contributed by atoms with van der Waals surface area (Å²) in [6.07, 6.45) is 8.93. The van der Waals surface area contributed by atoms with E-state index in [1.807, 2.05) is 37.4 Å². The lowest BCUT2D eigenvalue weighted by atomic mass is 9.94. The Morgan fingerprint density at radius 2 is 1.74 bits per heavy atom. The monoisotopic (exact) mass is 565 g/mol. The van der Waals surface area contributed by atoms with Crippen LogP contribution in [0.4, 0.5) is 0 Å². The van der Waals surface area contributed by atoms with Gasteiger partial charge in [0.2, 0.25) is 0 Å². The second-order valence-corrected chi connectivity index (χ2v) is 11.3. The third-order valence-corrected chi connectivity index (χ3v) is 9.29. The highest BCUT2D eigenvalue weighted by Crippen LogP contribution is 2.41. The van der Waals surface area contributed by atoms with Crippen LogP contribution in [-0.2, 0) is 7.05 Å². The lowest BCUT2D eigenvalue weighted by Gasteiger charge is -2.10. The molecule has 0 radical (unpaired) electrons. The Balaban J connectivity index is 1.41. The molecule has 0 aliphatic heterocycles. The van der Waals surface area contributed by atoms with Gasteiger partial charge in [0.15, 0.2) is 0 Å². The van der Waals surface area contributed by atoms with Crippen molar-refractivity contribution in [3.8, 4) is 12.1 Å². The summed E-state index contributed by atoms with van der Waals surface area (Å²) < 4.78 is 16.9. The van der Waals surface area contributed by atoms with Crippen LogP contribution in [0.25, 0.3) is 49.2 Å². The van der Waals surface area contributed by atoms with Gasteiger partial charge in [-0.1, -0.05) is 24.3 Å². The minimum Gasteiger partial charge on any atom is -0.342 e. The number of fused-ring (bicyclic) bond motifs is 4. The van der Waals surface area contributed by atoms with Crippen molar-refractivity contribution in [3.05, 3.63) is 75.0 Å². The minimum atomic E-state index is 0.172. The van der Waals surface area contributed by atoms with Crippen LogP contribution in [0.3, 0.4) is 0 Å². The van der Waals surface area contributed by atoms with E-state index >= 15 is 0 Å². The van der Waals surface area contributed by atoms with Gasteiger partial charge in [0.1, 0.15) is 11.0 Å². The topological polar surface area (TPSA) is 114 Å². The number of benzene rings is 1. The van der Waals surface area contributed by atoms with Crippen molar-refractivity contribution in [1.29, 1.82) is 15.9 Å². The van der Waals surface area contributed by atoms with E-state index in [4.69, 9.17) is 5.41 Å². The summed E-state index contributed by atoms with van der Waals surface area (Å²) in [5.41, 5.74) is 6.50. The van der Waals surface area contributed by atoms with Gasteiger partial charge in [-0.2, -0.15) is 19.3 Å². The molecule has 0 fully saturated rings. The number of allylic oxidation sites excluding steroid dienone is 6. The number of aromatic nitrogens is 3. The molecule has 1 aliphatic rings. The molecule has 182 valence electrons. The van der Waals surface area contributed by atoms with Crippen LogP contribution in [0, 0.1) is 28.1 Å². The lowest BCUT2D eigenvalue weighted by molar-refractivity contribution is 1.02. The zero-order valence-electron chi connectivity index (χ0n) is 19.6. The van der Waals surface area contributed by atoms with Gasteiger partial charge in [-0.25, -0.2) is 4.40 Å². The Hall–Kier alpha value is -4.13. The Bertz CT molecular complexity index is 2040. The number of hydrogen-bond acceptors (Lipinski definition) is 10. The van der Waals surface area contributed by atoms with Gasteiger partial charge >= 0.3 is 0 Å². The van der Waals surface area contributed by atoms with Crippen molar-refractivity contribution in [2.45, 2.75) is 0 Å². The first kappa shape index (κ1) is 24.2. The molecule has 4 heterocycles. The normalized spacial score (nSPS) is 15.5. The fourth-order valence-corrected chi connectivity index (χ4v) is 7.52. The largest absolute Gasteiger partial charge is 0.342 e. The molecule has 38 heavy (non-hydrogen) atoms. The van der Waals surface area contributed by atoms with E-state index in [0.29, 0.717) is 22.4 Å². The fourth-order valence-electron chi connectivity index (χ4n) is 4.39. The van der Waals surface area contributed by atoms with E-state index in [2.05, 4.69) is 54.8 Å². The summed E-state index contributed by atoms with van der Waals surface area (Å²) in [6.45, 7) is 0. The van der Waals surface area contributed by atoms with Gasteiger partial charge < -0.3 is 4.57 Å². The minimum absolute atomic E-state index is 0.172. The second-order valence-electron chi connectivity index (χ2n) is 8.36. The van der Waals surface area contributed by atoms with E-state index in [9.17, 15) is 10.5 Å². The summed E-state index contributed by atoms with van der Waals surface area (Å²) in [6, 6.07) is 14.4. The Morgan fingerprint density at radius 1 is 1.05 bits per heavy atom. The zero-order chi connectivity index (χ0) is 26.4. The molecule has 0 saturated carbocycles. The van der Waals surface area contributed by atoms with Crippen molar-refractivity contribution in [2.75, 3.05) is 0 Å². The molecule has 1 N–H and O–H groups in total. The highest BCUT2D eigenvalue weighted by molar-refractivity contribution is 7.79. The third-order valence-electron chi connectivity index (χ3n) is 6.22. The first-order valence-electron chi connectivity index (χ1n) is 11.2. The molecule has 0 amide bonds. The van der Waals surface area contributed by atoms with Crippen molar-refractivity contribution in [2.24, 2.45) is 11.4 Å². The number of rotatable bonds is 4. The van der Waals surface area contributed by atoms with E-state index in [-0.39, 0.29) is 5.71 Å². The van der Waals surface area contributed by atoms with Crippen molar-refractivity contribution in [1.82, 2.24) is 13.3 Å². The van der Waals surface area contributed by atoms with Gasteiger partial charge in [0.25, 0.3) is 0 Å². The SMILES string of the molecule is Cn1c2cc(/C=C(\C#N)C3=CC=C/C(=N/S)C3=N)sc2c2sc(/C=C(\C#N)c3cccc4nsnc34)cc21. The number of aryl methyl sites for hydroxylation is 1. The number of nitriles is 2. The van der Waals surface area contributed by atoms with Crippen molar-refractivity contribution < 1.29 is 0 Å². The standard InChI is InChI=1S/C27H15N7S4/c1-34-22-10-16(8-14(12-28)18-4-2-6-20(31-35)24(18)30)36-26(22)27-23(34)11-17(37-27)9-15(13-29)19-5-3-7-21-25(19)33-38-32-21/h2-11,30,35H,1H3/b14-8+,15-9+,30-24?,31-20-. The summed E-state index contributed by atoms with van der Waals surface area (Å²) in [7, 11) is 2.02. The molecule has 1 aromatic carbocycles. The average molecular weight is 566 g/mol. The average Bonchev–Trinajstić information content (AvgIpc) is 3.71. The zero-order valence-corrected chi connectivity index (χ0v) is 23.0.